The highest BCUT2D eigenvalue weighted by Gasteiger charge is 2.12. The molecule has 4 aromatic rings. The maximum atomic E-state index is 12.6. The highest BCUT2D eigenvalue weighted by Crippen LogP contribution is 2.25. The van der Waals surface area contributed by atoms with Crippen molar-refractivity contribution in [1.82, 2.24) is 14.5 Å². The van der Waals surface area contributed by atoms with Gasteiger partial charge < -0.3 is 5.32 Å². The monoisotopic (exact) mass is 410 g/mol. The Balaban J connectivity index is 1.43. The molecule has 2 heterocycles. The second kappa shape index (κ2) is 8.12. The number of nitrogens with zero attached hydrogens (tertiary/aromatic N) is 3. The van der Waals surface area contributed by atoms with Crippen molar-refractivity contribution in [3.8, 4) is 0 Å². The minimum atomic E-state index is -0.0993. The molecule has 0 atom stereocenters. The molecule has 0 saturated carbocycles. The minimum Gasteiger partial charge on any atom is -0.302 e. The minimum absolute atomic E-state index is 0.0467. The zero-order valence-corrected chi connectivity index (χ0v) is 16.8. The van der Waals surface area contributed by atoms with Gasteiger partial charge in [0.1, 0.15) is 0 Å². The van der Waals surface area contributed by atoms with Crippen molar-refractivity contribution in [3.63, 3.8) is 0 Å². The lowest BCUT2D eigenvalue weighted by Gasteiger charge is -2.10. The molecule has 142 valence electrons. The summed E-state index contributed by atoms with van der Waals surface area (Å²) in [6.07, 6.45) is 0.313. The van der Waals surface area contributed by atoms with E-state index >= 15 is 0 Å². The van der Waals surface area contributed by atoms with Crippen LogP contribution in [0.15, 0.2) is 58.5 Å². The Morgan fingerprint density at radius 1 is 1.11 bits per heavy atom. The zero-order valence-electron chi connectivity index (χ0n) is 15.2. The van der Waals surface area contributed by atoms with E-state index in [9.17, 15) is 9.59 Å². The van der Waals surface area contributed by atoms with Crippen LogP contribution in [0, 0.1) is 0 Å². The summed E-state index contributed by atoms with van der Waals surface area (Å²) in [6.45, 7) is 2.46. The van der Waals surface area contributed by atoms with Crippen LogP contribution in [0.4, 0.5) is 5.13 Å². The van der Waals surface area contributed by atoms with E-state index in [1.165, 1.54) is 23.1 Å². The molecule has 0 radical (unpaired) electrons. The van der Waals surface area contributed by atoms with Crippen LogP contribution < -0.4 is 10.9 Å². The first-order chi connectivity index (χ1) is 13.7. The summed E-state index contributed by atoms with van der Waals surface area (Å²) in [4.78, 5) is 33.9. The molecule has 0 aliphatic carbocycles. The lowest BCUT2D eigenvalue weighted by Crippen LogP contribution is -2.22. The standard InChI is InChI=1S/C20H18N4O2S2/c1-2-24-18(26)13-7-3-4-8-14(13)22-20(24)27-12-11-17(25)23-19-21-15-9-5-6-10-16(15)28-19/h3-10H,2,11-12H2,1H3,(H,21,23,25). The SMILES string of the molecule is CCn1c(SCCC(=O)Nc2nc3ccccc3s2)nc2ccccc2c1=O. The number of fused-ring (bicyclic) bond motifs is 2. The van der Waals surface area contributed by atoms with Crippen LogP contribution in [0.3, 0.4) is 0 Å². The van der Waals surface area contributed by atoms with Crippen LogP contribution in [0.5, 0.6) is 0 Å². The fraction of sp³-hybridized carbons (Fsp3) is 0.200. The summed E-state index contributed by atoms with van der Waals surface area (Å²) in [6, 6.07) is 15.1. The smallest absolute Gasteiger partial charge is 0.262 e. The number of nitrogens with one attached hydrogen (secondary N) is 1. The number of aromatic nitrogens is 3. The number of benzene rings is 2. The molecule has 6 nitrogen and oxygen atoms in total. The predicted octanol–water partition coefficient (Wildman–Crippen LogP) is 4.15. The molecule has 8 heteroatoms. The van der Waals surface area contributed by atoms with Crippen molar-refractivity contribution in [2.45, 2.75) is 25.0 Å². The van der Waals surface area contributed by atoms with Gasteiger partial charge in [-0.15, -0.1) is 0 Å². The molecule has 0 aliphatic rings. The summed E-state index contributed by atoms with van der Waals surface area (Å²) >= 11 is 2.88. The number of carbonyl (C=O) groups excluding carboxylic acids is 1. The topological polar surface area (TPSA) is 76.9 Å². The highest BCUT2D eigenvalue weighted by atomic mass is 32.2. The number of anilines is 1. The summed E-state index contributed by atoms with van der Waals surface area (Å²) in [5.74, 6) is 0.430. The third kappa shape index (κ3) is 3.79. The molecule has 0 bridgehead atoms. The van der Waals surface area contributed by atoms with Gasteiger partial charge in [0, 0.05) is 18.7 Å². The molecule has 0 fully saturated rings. The van der Waals surface area contributed by atoms with E-state index in [0.717, 1.165) is 10.2 Å². The average molecular weight is 411 g/mol. The Labute approximate surface area is 169 Å². The third-order valence-electron chi connectivity index (χ3n) is 4.24. The molecule has 0 aliphatic heterocycles. The number of rotatable bonds is 6. The van der Waals surface area contributed by atoms with Gasteiger partial charge in [-0.2, -0.15) is 0 Å². The van der Waals surface area contributed by atoms with Crippen LogP contribution >= 0.6 is 23.1 Å². The van der Waals surface area contributed by atoms with Gasteiger partial charge in [-0.05, 0) is 31.2 Å². The number of carbonyl (C=O) groups is 1. The Kier molecular flexibility index (Phi) is 5.40. The lowest BCUT2D eigenvalue weighted by molar-refractivity contribution is -0.115. The first-order valence-corrected chi connectivity index (χ1v) is 10.7. The molecule has 0 saturated heterocycles. The molecule has 28 heavy (non-hydrogen) atoms. The zero-order chi connectivity index (χ0) is 19.5. The normalized spacial score (nSPS) is 11.2. The lowest BCUT2D eigenvalue weighted by atomic mass is 10.2. The Bertz CT molecular complexity index is 1180. The van der Waals surface area contributed by atoms with Crippen LogP contribution in [-0.2, 0) is 11.3 Å². The van der Waals surface area contributed by atoms with Crippen molar-refractivity contribution in [2.24, 2.45) is 0 Å². The van der Waals surface area contributed by atoms with Crippen molar-refractivity contribution in [1.29, 1.82) is 0 Å². The maximum absolute atomic E-state index is 12.6. The van der Waals surface area contributed by atoms with E-state index in [4.69, 9.17) is 0 Å². The van der Waals surface area contributed by atoms with Crippen LogP contribution in [0.1, 0.15) is 13.3 Å². The van der Waals surface area contributed by atoms with Crippen LogP contribution in [0.2, 0.25) is 0 Å². The maximum Gasteiger partial charge on any atom is 0.262 e. The molecule has 0 unspecified atom stereocenters. The number of para-hydroxylation sites is 2. The quantitative estimate of drug-likeness (QED) is 0.382. The number of thioether (sulfide) groups is 1. The molecule has 1 N–H and O–H groups in total. The second-order valence-corrected chi connectivity index (χ2v) is 8.19. The van der Waals surface area contributed by atoms with E-state index < -0.39 is 0 Å². The Morgan fingerprint density at radius 3 is 2.64 bits per heavy atom. The largest absolute Gasteiger partial charge is 0.302 e. The van der Waals surface area contributed by atoms with Crippen LogP contribution in [0.25, 0.3) is 21.1 Å². The molecular formula is C20H18N4O2S2. The molecule has 2 aromatic heterocycles. The molecule has 2 aromatic carbocycles. The van der Waals surface area contributed by atoms with Crippen molar-refractivity contribution < 1.29 is 4.79 Å². The van der Waals surface area contributed by atoms with Gasteiger partial charge in [-0.3, -0.25) is 14.2 Å². The van der Waals surface area contributed by atoms with Gasteiger partial charge in [0.2, 0.25) is 5.91 Å². The van der Waals surface area contributed by atoms with Gasteiger partial charge >= 0.3 is 0 Å². The predicted molar refractivity (Wildman–Crippen MR) is 115 cm³/mol. The molecule has 0 spiro atoms. The van der Waals surface area contributed by atoms with Gasteiger partial charge in [0.25, 0.3) is 5.56 Å². The summed E-state index contributed by atoms with van der Waals surface area (Å²) in [7, 11) is 0. The highest BCUT2D eigenvalue weighted by molar-refractivity contribution is 7.99. The first-order valence-electron chi connectivity index (χ1n) is 8.93. The number of amides is 1. The van der Waals surface area contributed by atoms with Gasteiger partial charge in [0.05, 0.1) is 21.1 Å². The fourth-order valence-electron chi connectivity index (χ4n) is 2.88. The van der Waals surface area contributed by atoms with Crippen molar-refractivity contribution in [3.05, 3.63) is 58.9 Å². The van der Waals surface area contributed by atoms with E-state index in [2.05, 4.69) is 15.3 Å². The Morgan fingerprint density at radius 2 is 1.86 bits per heavy atom. The van der Waals surface area contributed by atoms with Crippen LogP contribution in [-0.4, -0.2) is 26.2 Å². The first kappa shape index (κ1) is 18.6. The second-order valence-electron chi connectivity index (χ2n) is 6.09. The molecule has 4 rings (SSSR count). The van der Waals surface area contributed by atoms with Gasteiger partial charge in [-0.1, -0.05) is 47.4 Å². The van der Waals surface area contributed by atoms with Gasteiger partial charge in [0.15, 0.2) is 10.3 Å². The fourth-order valence-corrected chi connectivity index (χ4v) is 4.76. The summed E-state index contributed by atoms with van der Waals surface area (Å²) in [5, 5.41) is 4.71. The number of hydrogen-bond acceptors (Lipinski definition) is 6. The summed E-state index contributed by atoms with van der Waals surface area (Å²) in [5.41, 5.74) is 1.51. The number of hydrogen-bond donors (Lipinski definition) is 1. The molecular weight excluding hydrogens is 392 g/mol. The van der Waals surface area contributed by atoms with E-state index in [-0.39, 0.29) is 11.5 Å². The van der Waals surface area contributed by atoms with E-state index in [0.29, 0.717) is 39.9 Å². The van der Waals surface area contributed by atoms with Crippen molar-refractivity contribution >= 4 is 55.3 Å². The van der Waals surface area contributed by atoms with Gasteiger partial charge in [-0.25, -0.2) is 9.97 Å². The Hall–Kier alpha value is -2.71. The van der Waals surface area contributed by atoms with Crippen molar-refractivity contribution in [2.75, 3.05) is 11.1 Å². The average Bonchev–Trinajstić information content (AvgIpc) is 3.10. The number of thiazole rings is 1. The van der Waals surface area contributed by atoms with E-state index in [1.807, 2.05) is 49.4 Å². The third-order valence-corrected chi connectivity index (χ3v) is 6.17. The summed E-state index contributed by atoms with van der Waals surface area (Å²) < 4.78 is 2.69. The molecule has 1 amide bonds. The van der Waals surface area contributed by atoms with E-state index in [1.54, 1.807) is 10.6 Å².